The molecule has 2 aromatic carbocycles. The van der Waals surface area contributed by atoms with Gasteiger partial charge in [-0.2, -0.15) is 0 Å². The second kappa shape index (κ2) is 11.7. The molecule has 0 aliphatic heterocycles. The molecule has 0 saturated heterocycles. The summed E-state index contributed by atoms with van der Waals surface area (Å²) in [7, 11) is -0.138. The number of methoxy groups -OCH3 is 2. The van der Waals surface area contributed by atoms with E-state index in [1.54, 1.807) is 38.5 Å². The zero-order chi connectivity index (χ0) is 21.1. The zero-order valence-electron chi connectivity index (χ0n) is 16.9. The van der Waals surface area contributed by atoms with E-state index in [0.29, 0.717) is 37.6 Å². The summed E-state index contributed by atoms with van der Waals surface area (Å²) in [5, 5.41) is 0. The van der Waals surface area contributed by atoms with Gasteiger partial charge >= 0.3 is 5.97 Å². The Morgan fingerprint density at radius 1 is 0.793 bits per heavy atom. The van der Waals surface area contributed by atoms with Gasteiger partial charge in [-0.05, 0) is 35.2 Å². The van der Waals surface area contributed by atoms with Crippen LogP contribution in [0.25, 0.3) is 11.1 Å². The third kappa shape index (κ3) is 7.61. The van der Waals surface area contributed by atoms with Crippen LogP contribution in [0.5, 0.6) is 0 Å². The highest BCUT2D eigenvalue weighted by Crippen LogP contribution is 2.23. The van der Waals surface area contributed by atoms with E-state index in [1.165, 1.54) is 0 Å². The molecule has 0 bridgehead atoms. The van der Waals surface area contributed by atoms with Crippen molar-refractivity contribution in [2.45, 2.75) is 24.2 Å². The Morgan fingerprint density at radius 2 is 1.34 bits per heavy atom. The summed E-state index contributed by atoms with van der Waals surface area (Å²) >= 11 is 0. The molecule has 0 heterocycles. The van der Waals surface area contributed by atoms with Crippen LogP contribution >= 0.6 is 0 Å². The van der Waals surface area contributed by atoms with Crippen LogP contribution in [-0.2, 0) is 35.3 Å². The summed E-state index contributed by atoms with van der Waals surface area (Å²) in [6.45, 7) is 1.34. The average Bonchev–Trinajstić information content (AvgIpc) is 2.72. The number of rotatable bonds is 12. The molecule has 0 amide bonds. The minimum Gasteiger partial charge on any atom is -0.465 e. The molecule has 29 heavy (non-hydrogen) atoms. The monoisotopic (exact) mass is 420 g/mol. The van der Waals surface area contributed by atoms with Gasteiger partial charge in [-0.1, -0.05) is 36.4 Å². The first-order chi connectivity index (χ1) is 14.0. The molecule has 0 aromatic heterocycles. The van der Waals surface area contributed by atoms with Crippen LogP contribution in [0.15, 0.2) is 53.4 Å². The standard InChI is InChI=1S/C22H28O6S/c1-26-13-3-15-28-22(23)17-18-5-7-19(8-6-18)20-9-11-21(12-10-20)29(24,25)16-4-14-27-2/h5-12H,3-4,13-17H2,1-2H3. The highest BCUT2D eigenvalue weighted by atomic mass is 32.2. The smallest absolute Gasteiger partial charge is 0.310 e. The fourth-order valence-electron chi connectivity index (χ4n) is 2.79. The number of carbonyl (C=O) groups is 1. The van der Waals surface area contributed by atoms with Gasteiger partial charge in [0.1, 0.15) is 0 Å². The molecular weight excluding hydrogens is 392 g/mol. The lowest BCUT2D eigenvalue weighted by Crippen LogP contribution is -2.10. The molecule has 0 spiro atoms. The van der Waals surface area contributed by atoms with Crippen molar-refractivity contribution < 1.29 is 27.4 Å². The van der Waals surface area contributed by atoms with E-state index in [9.17, 15) is 13.2 Å². The summed E-state index contributed by atoms with van der Waals surface area (Å²) in [4.78, 5) is 12.1. The Morgan fingerprint density at radius 3 is 1.93 bits per heavy atom. The molecule has 6 nitrogen and oxygen atoms in total. The predicted octanol–water partition coefficient (Wildman–Crippen LogP) is 3.29. The number of benzene rings is 2. The van der Waals surface area contributed by atoms with Crippen LogP contribution < -0.4 is 0 Å². The van der Waals surface area contributed by atoms with E-state index in [-0.39, 0.29) is 18.1 Å². The first kappa shape index (κ1) is 23.1. The van der Waals surface area contributed by atoms with Crippen molar-refractivity contribution in [2.75, 3.05) is 39.8 Å². The van der Waals surface area contributed by atoms with E-state index in [0.717, 1.165) is 16.7 Å². The van der Waals surface area contributed by atoms with Crippen molar-refractivity contribution in [3.8, 4) is 11.1 Å². The number of hydrogen-bond donors (Lipinski definition) is 0. The van der Waals surface area contributed by atoms with Gasteiger partial charge in [0.2, 0.25) is 0 Å². The fourth-order valence-corrected chi connectivity index (χ4v) is 4.07. The molecule has 0 saturated carbocycles. The van der Waals surface area contributed by atoms with E-state index in [4.69, 9.17) is 14.2 Å². The van der Waals surface area contributed by atoms with Crippen molar-refractivity contribution >= 4 is 15.8 Å². The topological polar surface area (TPSA) is 78.9 Å². The maximum absolute atomic E-state index is 12.3. The SMILES string of the molecule is COCCCOC(=O)Cc1ccc(-c2ccc(S(=O)(=O)CCCOC)cc2)cc1. The molecule has 0 aliphatic rings. The van der Waals surface area contributed by atoms with Crippen molar-refractivity contribution in [3.05, 3.63) is 54.1 Å². The van der Waals surface area contributed by atoms with Gasteiger partial charge in [-0.25, -0.2) is 8.42 Å². The van der Waals surface area contributed by atoms with E-state index in [1.807, 2.05) is 24.3 Å². The van der Waals surface area contributed by atoms with E-state index < -0.39 is 9.84 Å². The largest absolute Gasteiger partial charge is 0.465 e. The van der Waals surface area contributed by atoms with Crippen molar-refractivity contribution in [1.29, 1.82) is 0 Å². The molecule has 2 aromatic rings. The molecule has 0 unspecified atom stereocenters. The van der Waals surface area contributed by atoms with Crippen molar-refractivity contribution in [1.82, 2.24) is 0 Å². The van der Waals surface area contributed by atoms with Crippen LogP contribution in [0, 0.1) is 0 Å². The fraction of sp³-hybridized carbons (Fsp3) is 0.409. The summed E-state index contributed by atoms with van der Waals surface area (Å²) in [5.41, 5.74) is 2.72. The average molecular weight is 421 g/mol. The van der Waals surface area contributed by atoms with Crippen molar-refractivity contribution in [2.24, 2.45) is 0 Å². The number of esters is 1. The number of sulfone groups is 1. The molecule has 0 fully saturated rings. The second-order valence-electron chi connectivity index (χ2n) is 6.63. The summed E-state index contributed by atoms with van der Waals surface area (Å²) in [5.74, 6) is -0.201. The van der Waals surface area contributed by atoms with Gasteiger partial charge in [0, 0.05) is 33.9 Å². The Bertz CT molecular complexity index is 857. The second-order valence-corrected chi connectivity index (χ2v) is 8.74. The normalized spacial score (nSPS) is 11.4. The van der Waals surface area contributed by atoms with Gasteiger partial charge in [0.25, 0.3) is 0 Å². The van der Waals surface area contributed by atoms with Crippen LogP contribution in [0.2, 0.25) is 0 Å². The quantitative estimate of drug-likeness (QED) is 0.387. The number of carbonyl (C=O) groups excluding carboxylic acids is 1. The maximum Gasteiger partial charge on any atom is 0.310 e. The van der Waals surface area contributed by atoms with E-state index >= 15 is 0 Å². The maximum atomic E-state index is 12.3. The predicted molar refractivity (Wildman–Crippen MR) is 112 cm³/mol. The Hall–Kier alpha value is -2.22. The lowest BCUT2D eigenvalue weighted by molar-refractivity contribution is -0.143. The first-order valence-corrected chi connectivity index (χ1v) is 11.2. The summed E-state index contributed by atoms with van der Waals surface area (Å²) in [6, 6.07) is 14.4. The molecule has 0 N–H and O–H groups in total. The molecule has 0 aliphatic carbocycles. The van der Waals surface area contributed by atoms with Crippen LogP contribution in [0.1, 0.15) is 18.4 Å². The third-order valence-corrected chi connectivity index (χ3v) is 6.18. The highest BCUT2D eigenvalue weighted by molar-refractivity contribution is 7.91. The molecule has 2 rings (SSSR count). The third-order valence-electron chi connectivity index (χ3n) is 4.37. The van der Waals surface area contributed by atoms with Gasteiger partial charge in [0.15, 0.2) is 9.84 Å². The lowest BCUT2D eigenvalue weighted by atomic mass is 10.0. The van der Waals surface area contributed by atoms with Crippen molar-refractivity contribution in [3.63, 3.8) is 0 Å². The highest BCUT2D eigenvalue weighted by Gasteiger charge is 2.14. The minimum atomic E-state index is -3.30. The Balaban J connectivity index is 1.95. The number of hydrogen-bond acceptors (Lipinski definition) is 6. The van der Waals surface area contributed by atoms with Crippen LogP contribution in [0.3, 0.4) is 0 Å². The van der Waals surface area contributed by atoms with Gasteiger partial charge in [0.05, 0.1) is 23.7 Å². The molecular formula is C22H28O6S. The van der Waals surface area contributed by atoms with Gasteiger partial charge in [-0.3, -0.25) is 4.79 Å². The summed E-state index contributed by atoms with van der Waals surface area (Å²) in [6.07, 6.45) is 1.36. The van der Waals surface area contributed by atoms with Gasteiger partial charge < -0.3 is 14.2 Å². The lowest BCUT2D eigenvalue weighted by Gasteiger charge is -2.08. The Kier molecular flexibility index (Phi) is 9.31. The zero-order valence-corrected chi connectivity index (χ0v) is 17.7. The Labute approximate surface area is 172 Å². The van der Waals surface area contributed by atoms with E-state index in [2.05, 4.69) is 0 Å². The number of ether oxygens (including phenoxy) is 3. The molecule has 7 heteroatoms. The van der Waals surface area contributed by atoms with Gasteiger partial charge in [-0.15, -0.1) is 0 Å². The molecule has 0 radical (unpaired) electrons. The first-order valence-electron chi connectivity index (χ1n) is 9.52. The molecule has 158 valence electrons. The minimum absolute atomic E-state index is 0.0659. The molecule has 0 atom stereocenters. The summed E-state index contributed by atoms with van der Waals surface area (Å²) < 4.78 is 39.6. The van der Waals surface area contributed by atoms with Crippen LogP contribution in [-0.4, -0.2) is 54.2 Å². The van der Waals surface area contributed by atoms with Crippen LogP contribution in [0.4, 0.5) is 0 Å².